The molecule has 0 bridgehead atoms. The molecule has 0 saturated carbocycles. The van der Waals surface area contributed by atoms with Crippen LogP contribution in [0.5, 0.6) is 0 Å². The Morgan fingerprint density at radius 3 is 2.74 bits per heavy atom. The number of aliphatic carboxylic acids is 1. The van der Waals surface area contributed by atoms with Crippen LogP contribution in [-0.2, 0) is 11.2 Å². The minimum absolute atomic E-state index is 0.0736. The molecule has 4 rings (SSSR count). The average molecular weight is 460 g/mol. The SMILES string of the molecule is CCNC(=O)Nc1cn(-c2ncc(C)c(CCCC(=O)O)n2)c2cc(-c3cccnc3)cnc12. The molecule has 0 aromatic carbocycles. The molecule has 0 spiro atoms. The zero-order valence-electron chi connectivity index (χ0n) is 18.9. The van der Waals surface area contributed by atoms with Gasteiger partial charge in [0.25, 0.3) is 0 Å². The lowest BCUT2D eigenvalue weighted by Gasteiger charge is -2.09. The van der Waals surface area contributed by atoms with Gasteiger partial charge in [-0.25, -0.2) is 14.8 Å². The fourth-order valence-electron chi connectivity index (χ4n) is 3.62. The minimum atomic E-state index is -0.835. The van der Waals surface area contributed by atoms with E-state index in [2.05, 4.69) is 25.6 Å². The van der Waals surface area contributed by atoms with E-state index >= 15 is 0 Å². The van der Waals surface area contributed by atoms with Gasteiger partial charge < -0.3 is 15.7 Å². The number of pyridine rings is 2. The second-order valence-electron chi connectivity index (χ2n) is 7.78. The van der Waals surface area contributed by atoms with Crippen molar-refractivity contribution in [1.82, 2.24) is 29.8 Å². The molecule has 0 fully saturated rings. The highest BCUT2D eigenvalue weighted by atomic mass is 16.4. The third-order valence-corrected chi connectivity index (χ3v) is 5.30. The van der Waals surface area contributed by atoms with E-state index < -0.39 is 5.97 Å². The van der Waals surface area contributed by atoms with Crippen molar-refractivity contribution in [2.24, 2.45) is 0 Å². The summed E-state index contributed by atoms with van der Waals surface area (Å²) in [6.07, 6.45) is 9.74. The number of aromatic nitrogens is 5. The van der Waals surface area contributed by atoms with Crippen LogP contribution in [0.15, 0.2) is 49.2 Å². The lowest BCUT2D eigenvalue weighted by Crippen LogP contribution is -2.28. The summed E-state index contributed by atoms with van der Waals surface area (Å²) in [5.74, 6) is -0.423. The molecule has 2 amide bonds. The number of fused-ring (bicyclic) bond motifs is 1. The van der Waals surface area contributed by atoms with Crippen LogP contribution in [0.3, 0.4) is 0 Å². The Hall–Kier alpha value is -4.34. The Kier molecular flexibility index (Phi) is 6.77. The lowest BCUT2D eigenvalue weighted by molar-refractivity contribution is -0.137. The molecule has 0 unspecified atom stereocenters. The van der Waals surface area contributed by atoms with Gasteiger partial charge >= 0.3 is 12.0 Å². The maximum Gasteiger partial charge on any atom is 0.319 e. The van der Waals surface area contributed by atoms with Gasteiger partial charge in [0.2, 0.25) is 5.95 Å². The second kappa shape index (κ2) is 10.1. The van der Waals surface area contributed by atoms with Crippen molar-refractivity contribution in [3.8, 4) is 17.1 Å². The number of hydrogen-bond acceptors (Lipinski definition) is 6. The number of aryl methyl sites for hydroxylation is 2. The first-order valence-corrected chi connectivity index (χ1v) is 11.0. The van der Waals surface area contributed by atoms with Crippen LogP contribution < -0.4 is 10.6 Å². The van der Waals surface area contributed by atoms with Gasteiger partial charge in [-0.2, -0.15) is 0 Å². The number of amides is 2. The number of nitrogens with one attached hydrogen (secondary N) is 2. The van der Waals surface area contributed by atoms with Crippen LogP contribution in [0, 0.1) is 6.92 Å². The summed E-state index contributed by atoms with van der Waals surface area (Å²) >= 11 is 0. The van der Waals surface area contributed by atoms with Crippen LogP contribution in [-0.4, -0.2) is 48.2 Å². The molecule has 0 aliphatic carbocycles. The predicted molar refractivity (Wildman–Crippen MR) is 128 cm³/mol. The number of carboxylic acids is 1. The number of carboxylic acid groups (broad SMARTS) is 1. The van der Waals surface area contributed by atoms with Crippen LogP contribution in [0.1, 0.15) is 31.0 Å². The number of rotatable bonds is 8. The van der Waals surface area contributed by atoms with Crippen molar-refractivity contribution in [1.29, 1.82) is 0 Å². The Morgan fingerprint density at radius 1 is 1.15 bits per heavy atom. The van der Waals surface area contributed by atoms with Crippen molar-refractivity contribution in [2.45, 2.75) is 33.1 Å². The predicted octanol–water partition coefficient (Wildman–Crippen LogP) is 3.73. The number of carbonyl (C=O) groups is 2. The fourth-order valence-corrected chi connectivity index (χ4v) is 3.62. The third-order valence-electron chi connectivity index (χ3n) is 5.30. The van der Waals surface area contributed by atoms with Gasteiger partial charge in [-0.15, -0.1) is 0 Å². The molecule has 174 valence electrons. The van der Waals surface area contributed by atoms with E-state index in [1.54, 1.807) is 35.6 Å². The molecule has 0 aliphatic rings. The largest absolute Gasteiger partial charge is 0.481 e. The van der Waals surface area contributed by atoms with E-state index in [1.165, 1.54) is 0 Å². The van der Waals surface area contributed by atoms with E-state index in [0.29, 0.717) is 42.1 Å². The molecule has 34 heavy (non-hydrogen) atoms. The molecular weight excluding hydrogens is 434 g/mol. The van der Waals surface area contributed by atoms with Crippen molar-refractivity contribution in [2.75, 3.05) is 11.9 Å². The average Bonchev–Trinajstić information content (AvgIpc) is 3.18. The highest BCUT2D eigenvalue weighted by molar-refractivity contribution is 6.00. The number of urea groups is 1. The Balaban J connectivity index is 1.80. The van der Waals surface area contributed by atoms with Gasteiger partial charge in [0, 0.05) is 60.8 Å². The molecule has 4 aromatic rings. The highest BCUT2D eigenvalue weighted by Gasteiger charge is 2.17. The molecule has 10 nitrogen and oxygen atoms in total. The summed E-state index contributed by atoms with van der Waals surface area (Å²) in [4.78, 5) is 41.1. The maximum absolute atomic E-state index is 12.2. The monoisotopic (exact) mass is 459 g/mol. The van der Waals surface area contributed by atoms with Gasteiger partial charge in [0.15, 0.2) is 0 Å². The topological polar surface area (TPSA) is 135 Å². The van der Waals surface area contributed by atoms with E-state index in [1.807, 2.05) is 32.0 Å². The Bertz CT molecular complexity index is 1340. The number of nitrogens with zero attached hydrogens (tertiary/aromatic N) is 5. The number of carbonyl (C=O) groups excluding carboxylic acids is 1. The summed E-state index contributed by atoms with van der Waals surface area (Å²) in [6, 6.07) is 5.42. The fraction of sp³-hybridized carbons (Fsp3) is 0.250. The molecule has 3 N–H and O–H groups in total. The van der Waals surface area contributed by atoms with Gasteiger partial charge in [-0.3, -0.25) is 19.3 Å². The van der Waals surface area contributed by atoms with Crippen LogP contribution in [0.4, 0.5) is 10.5 Å². The molecular formula is C24H25N7O3. The first-order chi connectivity index (χ1) is 16.5. The van der Waals surface area contributed by atoms with Crippen molar-refractivity contribution in [3.05, 3.63) is 60.4 Å². The van der Waals surface area contributed by atoms with E-state index in [9.17, 15) is 9.59 Å². The molecule has 0 aliphatic heterocycles. The number of hydrogen-bond donors (Lipinski definition) is 3. The van der Waals surface area contributed by atoms with Crippen molar-refractivity contribution < 1.29 is 14.7 Å². The molecule has 4 heterocycles. The normalized spacial score (nSPS) is 10.9. The molecule has 0 radical (unpaired) electrons. The highest BCUT2D eigenvalue weighted by Crippen LogP contribution is 2.30. The first kappa shape index (κ1) is 22.8. The van der Waals surface area contributed by atoms with Gasteiger partial charge in [0.05, 0.1) is 11.2 Å². The molecule has 0 atom stereocenters. The standard InChI is InChI=1S/C24H25N7O3/c1-3-26-24(34)30-19-14-31(23-28-11-15(2)18(29-23)7-4-8-21(32)33)20-10-17(13-27-22(19)20)16-6-5-9-25-12-16/h5-6,9-14H,3-4,7-8H2,1-2H3,(H,32,33)(H2,26,30,34). The third kappa shape index (κ3) is 5.01. The van der Waals surface area contributed by atoms with E-state index in [0.717, 1.165) is 22.4 Å². The molecule has 0 saturated heterocycles. The smallest absolute Gasteiger partial charge is 0.319 e. The molecule has 4 aromatic heterocycles. The van der Waals surface area contributed by atoms with E-state index in [4.69, 9.17) is 10.1 Å². The summed E-state index contributed by atoms with van der Waals surface area (Å²) in [5, 5.41) is 14.5. The van der Waals surface area contributed by atoms with Crippen LogP contribution >= 0.6 is 0 Å². The maximum atomic E-state index is 12.2. The van der Waals surface area contributed by atoms with Crippen molar-refractivity contribution in [3.63, 3.8) is 0 Å². The Morgan fingerprint density at radius 2 is 2.00 bits per heavy atom. The van der Waals surface area contributed by atoms with Crippen LogP contribution in [0.2, 0.25) is 0 Å². The van der Waals surface area contributed by atoms with Crippen molar-refractivity contribution >= 4 is 28.7 Å². The lowest BCUT2D eigenvalue weighted by atomic mass is 10.1. The van der Waals surface area contributed by atoms with E-state index in [-0.39, 0.29) is 12.5 Å². The zero-order valence-corrected chi connectivity index (χ0v) is 18.9. The summed E-state index contributed by atoms with van der Waals surface area (Å²) in [5.41, 5.74) is 5.27. The molecule has 10 heteroatoms. The Labute approximate surface area is 196 Å². The van der Waals surface area contributed by atoms with Gasteiger partial charge in [-0.1, -0.05) is 6.07 Å². The first-order valence-electron chi connectivity index (χ1n) is 11.0. The van der Waals surface area contributed by atoms with Gasteiger partial charge in [-0.05, 0) is 44.4 Å². The summed E-state index contributed by atoms with van der Waals surface area (Å²) in [6.45, 7) is 4.23. The summed E-state index contributed by atoms with van der Waals surface area (Å²) < 4.78 is 1.78. The summed E-state index contributed by atoms with van der Waals surface area (Å²) in [7, 11) is 0. The van der Waals surface area contributed by atoms with Gasteiger partial charge in [0.1, 0.15) is 5.52 Å². The number of anilines is 1. The zero-order chi connectivity index (χ0) is 24.1. The minimum Gasteiger partial charge on any atom is -0.481 e. The van der Waals surface area contributed by atoms with Crippen LogP contribution in [0.25, 0.3) is 28.1 Å². The second-order valence-corrected chi connectivity index (χ2v) is 7.78. The quantitative estimate of drug-likeness (QED) is 0.365.